The number of hydrogen-bond acceptors (Lipinski definition) is 4. The summed E-state index contributed by atoms with van der Waals surface area (Å²) >= 11 is 5.51. The van der Waals surface area contributed by atoms with Crippen molar-refractivity contribution in [2.24, 2.45) is 16.4 Å². The minimum absolute atomic E-state index is 0.194. The van der Waals surface area contributed by atoms with E-state index >= 15 is 0 Å². The number of piperidine rings is 2. The second kappa shape index (κ2) is 7.86. The van der Waals surface area contributed by atoms with Crippen molar-refractivity contribution in [2.45, 2.75) is 33.1 Å². The summed E-state index contributed by atoms with van der Waals surface area (Å²) in [5.41, 5.74) is 6.95. The van der Waals surface area contributed by atoms with Gasteiger partial charge in [0, 0.05) is 56.3 Å². The lowest BCUT2D eigenvalue weighted by Gasteiger charge is -2.50. The Bertz CT molecular complexity index is 715. The van der Waals surface area contributed by atoms with E-state index in [0.717, 1.165) is 31.9 Å². The van der Waals surface area contributed by atoms with Crippen molar-refractivity contribution < 1.29 is 0 Å². The van der Waals surface area contributed by atoms with Gasteiger partial charge in [0.1, 0.15) is 0 Å². The molecule has 0 aromatic heterocycles. The Labute approximate surface area is 168 Å². The summed E-state index contributed by atoms with van der Waals surface area (Å²) in [5.74, 6) is 0.529. The second-order valence-corrected chi connectivity index (χ2v) is 8.89. The van der Waals surface area contributed by atoms with Gasteiger partial charge in [-0.15, -0.1) is 0 Å². The smallest absolute Gasteiger partial charge is 0.191 e. The van der Waals surface area contributed by atoms with E-state index < -0.39 is 0 Å². The third-order valence-electron chi connectivity index (χ3n) is 6.23. The molecule has 0 amide bonds. The Morgan fingerprint density at radius 3 is 2.67 bits per heavy atom. The van der Waals surface area contributed by atoms with Gasteiger partial charge < -0.3 is 15.1 Å². The third kappa shape index (κ3) is 4.03. The van der Waals surface area contributed by atoms with E-state index in [0.29, 0.717) is 11.0 Å². The van der Waals surface area contributed by atoms with Crippen molar-refractivity contribution in [3.63, 3.8) is 0 Å². The maximum Gasteiger partial charge on any atom is 0.191 e. The Balaban J connectivity index is 1.51. The highest BCUT2D eigenvalue weighted by atomic mass is 32.1. The highest BCUT2D eigenvalue weighted by Gasteiger charge is 2.51. The maximum absolute atomic E-state index is 5.51. The van der Waals surface area contributed by atoms with E-state index in [2.05, 4.69) is 46.5 Å². The molecule has 2 atom stereocenters. The molecule has 0 radical (unpaired) electrons. The predicted octanol–water partition coefficient (Wildman–Crippen LogP) is 3.08. The third-order valence-corrected chi connectivity index (χ3v) is 6.43. The summed E-state index contributed by atoms with van der Waals surface area (Å²) in [6.45, 7) is 11.4. The number of hydrazone groups is 1. The molecule has 6 heteroatoms. The van der Waals surface area contributed by atoms with E-state index in [-0.39, 0.29) is 5.41 Å². The SMILES string of the molecule is CCCCC12CN3CCN(CC(C3)/C1=N\NC(=S)Nc1cccc(C)c1)C2. The first-order chi connectivity index (χ1) is 13.1. The number of aryl methyl sites for hydroxylation is 1. The summed E-state index contributed by atoms with van der Waals surface area (Å²) in [7, 11) is 0. The van der Waals surface area contributed by atoms with Gasteiger partial charge in [-0.25, -0.2) is 0 Å². The molecule has 4 fully saturated rings. The van der Waals surface area contributed by atoms with Crippen LogP contribution in [-0.4, -0.2) is 59.9 Å². The van der Waals surface area contributed by atoms with Gasteiger partial charge in [-0.1, -0.05) is 31.9 Å². The summed E-state index contributed by atoms with van der Waals surface area (Å²) in [4.78, 5) is 5.32. The van der Waals surface area contributed by atoms with Crippen molar-refractivity contribution in [3.8, 4) is 0 Å². The van der Waals surface area contributed by atoms with Gasteiger partial charge in [0.05, 0.1) is 5.71 Å². The van der Waals surface area contributed by atoms with Crippen LogP contribution in [0.3, 0.4) is 0 Å². The molecule has 4 heterocycles. The first-order valence-corrected chi connectivity index (χ1v) is 10.7. The number of hydrogen-bond donors (Lipinski definition) is 2. The Morgan fingerprint density at radius 1 is 1.26 bits per heavy atom. The number of anilines is 1. The molecule has 2 unspecified atom stereocenters. The van der Waals surface area contributed by atoms with Crippen molar-refractivity contribution >= 4 is 28.7 Å². The summed E-state index contributed by atoms with van der Waals surface area (Å²) in [5, 5.41) is 8.76. The molecule has 27 heavy (non-hydrogen) atoms. The minimum atomic E-state index is 0.194. The fourth-order valence-electron chi connectivity index (χ4n) is 5.11. The van der Waals surface area contributed by atoms with Crippen LogP contribution in [0.15, 0.2) is 29.4 Å². The standard InChI is InChI=1S/C21H31N5S/c1-3-4-8-21-14-25-9-10-26(15-21)13-17(12-25)19(21)23-24-20(27)22-18-7-5-6-16(2)11-18/h5-7,11,17H,3-4,8-10,12-15H2,1-2H3,(H2,22,24,27)/b23-19+. The highest BCUT2D eigenvalue weighted by Crippen LogP contribution is 2.41. The summed E-state index contributed by atoms with van der Waals surface area (Å²) < 4.78 is 0. The van der Waals surface area contributed by atoms with Gasteiger partial charge in [0.15, 0.2) is 5.11 Å². The molecule has 2 N–H and O–H groups in total. The van der Waals surface area contributed by atoms with Gasteiger partial charge in [0.2, 0.25) is 0 Å². The van der Waals surface area contributed by atoms with Crippen LogP contribution in [-0.2, 0) is 0 Å². The molecule has 1 aromatic carbocycles. The number of thiocarbonyl (C=S) groups is 1. The summed E-state index contributed by atoms with van der Waals surface area (Å²) in [6.07, 6.45) is 3.73. The number of nitrogens with one attached hydrogen (secondary N) is 2. The Hall–Kier alpha value is -1.50. The van der Waals surface area contributed by atoms with Crippen LogP contribution in [0.5, 0.6) is 0 Å². The monoisotopic (exact) mass is 385 g/mol. The van der Waals surface area contributed by atoms with Gasteiger partial charge in [-0.2, -0.15) is 5.10 Å². The van der Waals surface area contributed by atoms with Crippen molar-refractivity contribution in [1.29, 1.82) is 0 Å². The fraction of sp³-hybridized carbons (Fsp3) is 0.619. The van der Waals surface area contributed by atoms with E-state index in [4.69, 9.17) is 17.3 Å². The van der Waals surface area contributed by atoms with Gasteiger partial charge in [0.25, 0.3) is 0 Å². The second-order valence-electron chi connectivity index (χ2n) is 8.48. The Kier molecular flexibility index (Phi) is 5.48. The molecule has 4 aliphatic heterocycles. The Morgan fingerprint density at radius 2 is 2.00 bits per heavy atom. The molecule has 0 aliphatic carbocycles. The molecule has 1 aromatic rings. The van der Waals surface area contributed by atoms with Crippen LogP contribution in [0, 0.1) is 18.3 Å². The number of fused-ring (bicyclic) bond motifs is 1. The molecule has 4 saturated heterocycles. The molecule has 0 saturated carbocycles. The zero-order chi connectivity index (χ0) is 18.9. The highest BCUT2D eigenvalue weighted by molar-refractivity contribution is 7.80. The van der Waals surface area contributed by atoms with E-state index in [1.165, 1.54) is 43.6 Å². The fourth-order valence-corrected chi connectivity index (χ4v) is 5.28. The molecule has 5 nitrogen and oxygen atoms in total. The average molecular weight is 386 g/mol. The van der Waals surface area contributed by atoms with E-state index in [9.17, 15) is 0 Å². The molecule has 4 aliphatic rings. The zero-order valence-corrected chi connectivity index (χ0v) is 17.3. The number of unbranched alkanes of at least 4 members (excludes halogenated alkanes) is 1. The topological polar surface area (TPSA) is 42.9 Å². The van der Waals surface area contributed by atoms with Crippen molar-refractivity contribution in [3.05, 3.63) is 29.8 Å². The van der Waals surface area contributed by atoms with E-state index in [1.54, 1.807) is 0 Å². The lowest BCUT2D eigenvalue weighted by molar-refractivity contribution is 0.108. The largest absolute Gasteiger partial charge is 0.331 e. The molecule has 146 valence electrons. The van der Waals surface area contributed by atoms with Crippen LogP contribution < -0.4 is 10.7 Å². The minimum Gasteiger partial charge on any atom is -0.331 e. The number of nitrogens with zero attached hydrogens (tertiary/aromatic N) is 3. The molecule has 5 rings (SSSR count). The van der Waals surface area contributed by atoms with Crippen LogP contribution in [0.4, 0.5) is 5.69 Å². The molecule has 0 spiro atoms. The first-order valence-electron chi connectivity index (χ1n) is 10.2. The van der Waals surface area contributed by atoms with Gasteiger partial charge in [-0.05, 0) is 43.3 Å². The van der Waals surface area contributed by atoms with Crippen LogP contribution >= 0.6 is 12.2 Å². The quantitative estimate of drug-likeness (QED) is 0.602. The van der Waals surface area contributed by atoms with Crippen molar-refractivity contribution in [2.75, 3.05) is 44.6 Å². The van der Waals surface area contributed by atoms with Crippen LogP contribution in [0.1, 0.15) is 31.7 Å². The van der Waals surface area contributed by atoms with Gasteiger partial charge in [-0.3, -0.25) is 5.43 Å². The maximum atomic E-state index is 5.51. The zero-order valence-electron chi connectivity index (χ0n) is 16.5. The molecular weight excluding hydrogens is 354 g/mol. The lowest BCUT2D eigenvalue weighted by Crippen LogP contribution is -2.61. The predicted molar refractivity (Wildman–Crippen MR) is 116 cm³/mol. The number of benzene rings is 1. The molecule has 4 bridgehead atoms. The lowest BCUT2D eigenvalue weighted by atomic mass is 9.68. The van der Waals surface area contributed by atoms with Crippen LogP contribution in [0.25, 0.3) is 0 Å². The first kappa shape index (κ1) is 18.8. The molecular formula is C21H31N5S. The van der Waals surface area contributed by atoms with Crippen LogP contribution in [0.2, 0.25) is 0 Å². The normalized spacial score (nSPS) is 33.1. The summed E-state index contributed by atoms with van der Waals surface area (Å²) in [6, 6.07) is 8.25. The van der Waals surface area contributed by atoms with Crippen molar-refractivity contribution in [1.82, 2.24) is 15.2 Å². The van der Waals surface area contributed by atoms with Gasteiger partial charge >= 0.3 is 0 Å². The number of rotatable bonds is 5. The average Bonchev–Trinajstić information content (AvgIpc) is 2.87. The van der Waals surface area contributed by atoms with E-state index in [1.807, 2.05) is 12.1 Å².